The summed E-state index contributed by atoms with van der Waals surface area (Å²) >= 11 is 6.89. The van der Waals surface area contributed by atoms with E-state index in [0.717, 1.165) is 42.6 Å². The standard InChI is InChI=1S/C16H16BrN3O2.C14H14BrN3O/c1-7-5-11(17)6-8(2)13(7)20-14-12(9(3)16(20)22)15(21)19-10(4)18-14;1-7-5-10(15)6-8(2)12(7)18-13(16)11(17-4)9(3)14(18)19/h5-6,9H,1-4H3,(H,18,19,21);5-6,9H,16H2,1-3H3. The molecule has 212 valence electrons. The van der Waals surface area contributed by atoms with E-state index in [2.05, 4.69) is 46.7 Å². The summed E-state index contributed by atoms with van der Waals surface area (Å²) in [5.74, 6) is -0.0187. The van der Waals surface area contributed by atoms with Crippen LogP contribution in [0.5, 0.6) is 0 Å². The number of carbonyl (C=O) groups excluding carboxylic acids is 2. The molecule has 2 aliphatic heterocycles. The molecular formula is C30H30Br2N6O3. The fourth-order valence-electron chi connectivity index (χ4n) is 5.44. The number of anilines is 3. The number of fused-ring (bicyclic) bond motifs is 1. The van der Waals surface area contributed by atoms with E-state index in [4.69, 9.17) is 12.3 Å². The van der Waals surface area contributed by atoms with Crippen molar-refractivity contribution in [1.82, 2.24) is 9.97 Å². The molecule has 2 aliphatic rings. The van der Waals surface area contributed by atoms with Gasteiger partial charge in [-0.25, -0.2) is 9.83 Å². The number of aryl methyl sites for hydroxylation is 5. The molecule has 0 fully saturated rings. The highest BCUT2D eigenvalue weighted by Crippen LogP contribution is 2.42. The first-order valence-electron chi connectivity index (χ1n) is 12.9. The zero-order valence-corrected chi connectivity index (χ0v) is 27.0. The molecule has 2 amide bonds. The number of H-pyrrole nitrogens is 1. The molecule has 0 spiro atoms. The van der Waals surface area contributed by atoms with E-state index < -0.39 is 11.8 Å². The summed E-state index contributed by atoms with van der Waals surface area (Å²) in [4.78, 5) is 50.8. The zero-order chi connectivity index (χ0) is 30.5. The fraction of sp³-hybridized carbons (Fsp3) is 0.300. The summed E-state index contributed by atoms with van der Waals surface area (Å²) in [6.45, 7) is 20.1. The van der Waals surface area contributed by atoms with E-state index in [1.54, 1.807) is 25.7 Å². The first-order chi connectivity index (χ1) is 19.2. The number of aromatic nitrogens is 2. The Kier molecular flexibility index (Phi) is 8.30. The molecule has 41 heavy (non-hydrogen) atoms. The van der Waals surface area contributed by atoms with Gasteiger partial charge in [-0.05, 0) is 88.1 Å². The number of aromatic amines is 1. The van der Waals surface area contributed by atoms with Crippen molar-refractivity contribution in [3.63, 3.8) is 0 Å². The zero-order valence-electron chi connectivity index (χ0n) is 23.8. The Bertz CT molecular complexity index is 1710. The second-order valence-electron chi connectivity index (χ2n) is 10.3. The molecule has 2 unspecified atom stereocenters. The van der Waals surface area contributed by atoms with Crippen molar-refractivity contribution in [2.24, 2.45) is 11.7 Å². The summed E-state index contributed by atoms with van der Waals surface area (Å²) in [5, 5.41) is 0. The molecule has 5 rings (SSSR count). The number of rotatable bonds is 2. The van der Waals surface area contributed by atoms with Crippen molar-refractivity contribution < 1.29 is 9.59 Å². The lowest BCUT2D eigenvalue weighted by Gasteiger charge is -2.23. The molecule has 0 saturated heterocycles. The van der Waals surface area contributed by atoms with Gasteiger partial charge in [0.25, 0.3) is 5.56 Å². The van der Waals surface area contributed by atoms with Crippen LogP contribution in [0.1, 0.15) is 53.4 Å². The van der Waals surface area contributed by atoms with Crippen LogP contribution in [0.25, 0.3) is 4.85 Å². The Morgan fingerprint density at radius 1 is 0.829 bits per heavy atom. The first kappa shape index (κ1) is 30.2. The number of nitrogens with two attached hydrogens (primary N) is 1. The number of nitrogens with one attached hydrogen (secondary N) is 1. The SMILES string of the molecule is Cc1nc2c(c(=O)[nH]1)C(C)C(=O)N2c1c(C)cc(Br)cc1C.[C-]#[N+]C1=C(N)N(c2c(C)cc(Br)cc2C)C(=O)C1C. The Morgan fingerprint density at radius 2 is 1.27 bits per heavy atom. The number of carbonyl (C=O) groups is 2. The van der Waals surface area contributed by atoms with Gasteiger partial charge in [0, 0.05) is 8.95 Å². The van der Waals surface area contributed by atoms with E-state index >= 15 is 0 Å². The highest BCUT2D eigenvalue weighted by atomic mass is 79.9. The third-order valence-corrected chi connectivity index (χ3v) is 8.19. The van der Waals surface area contributed by atoms with Gasteiger partial charge >= 0.3 is 0 Å². The molecule has 0 radical (unpaired) electrons. The van der Waals surface area contributed by atoms with Gasteiger partial charge in [0.1, 0.15) is 11.6 Å². The number of hydrogen-bond donors (Lipinski definition) is 2. The lowest BCUT2D eigenvalue weighted by molar-refractivity contribution is -0.119. The third kappa shape index (κ3) is 5.22. The molecule has 0 bridgehead atoms. The quantitative estimate of drug-likeness (QED) is 0.307. The van der Waals surface area contributed by atoms with Crippen molar-refractivity contribution in [1.29, 1.82) is 0 Å². The second kappa shape index (κ2) is 11.3. The third-order valence-electron chi connectivity index (χ3n) is 7.27. The van der Waals surface area contributed by atoms with Gasteiger partial charge in [0.2, 0.25) is 17.5 Å². The van der Waals surface area contributed by atoms with Crippen LogP contribution in [0.4, 0.5) is 17.2 Å². The average molecular weight is 682 g/mol. The van der Waals surface area contributed by atoms with E-state index in [-0.39, 0.29) is 23.2 Å². The topological polar surface area (TPSA) is 117 Å². The van der Waals surface area contributed by atoms with E-state index in [9.17, 15) is 14.4 Å². The van der Waals surface area contributed by atoms with Gasteiger partial charge in [-0.3, -0.25) is 24.2 Å². The van der Waals surface area contributed by atoms with Crippen LogP contribution in [0.3, 0.4) is 0 Å². The summed E-state index contributed by atoms with van der Waals surface area (Å²) in [6, 6.07) is 7.78. The monoisotopic (exact) mass is 680 g/mol. The molecule has 0 aliphatic carbocycles. The summed E-state index contributed by atoms with van der Waals surface area (Å²) in [6.07, 6.45) is 0. The maximum absolute atomic E-state index is 12.7. The molecule has 11 heteroatoms. The van der Waals surface area contributed by atoms with Gasteiger partial charge in [0.15, 0.2) is 5.82 Å². The van der Waals surface area contributed by atoms with Gasteiger partial charge < -0.3 is 10.7 Å². The van der Waals surface area contributed by atoms with Crippen LogP contribution >= 0.6 is 31.9 Å². The smallest absolute Gasteiger partial charge is 0.257 e. The number of hydrogen-bond acceptors (Lipinski definition) is 5. The second-order valence-corrected chi connectivity index (χ2v) is 12.2. The molecule has 2 atom stereocenters. The van der Waals surface area contributed by atoms with Gasteiger partial charge in [-0.15, -0.1) is 0 Å². The molecule has 1 aromatic heterocycles. The normalized spacial score (nSPS) is 18.0. The maximum atomic E-state index is 12.7. The Balaban J connectivity index is 0.000000191. The van der Waals surface area contributed by atoms with Crippen LogP contribution < -0.4 is 21.1 Å². The summed E-state index contributed by atoms with van der Waals surface area (Å²) in [5.41, 5.74) is 11.9. The molecule has 3 N–H and O–H groups in total. The Labute approximate surface area is 255 Å². The molecular weight excluding hydrogens is 652 g/mol. The van der Waals surface area contributed by atoms with Gasteiger partial charge in [-0.1, -0.05) is 38.8 Å². The molecule has 3 heterocycles. The van der Waals surface area contributed by atoms with E-state index in [1.807, 2.05) is 52.0 Å². The predicted molar refractivity (Wildman–Crippen MR) is 167 cm³/mol. The maximum Gasteiger partial charge on any atom is 0.257 e. The van der Waals surface area contributed by atoms with Crippen molar-refractivity contribution in [3.8, 4) is 0 Å². The lowest BCUT2D eigenvalue weighted by Crippen LogP contribution is -2.32. The Morgan fingerprint density at radius 3 is 1.71 bits per heavy atom. The number of amides is 2. The number of benzene rings is 2. The number of halogens is 2. The van der Waals surface area contributed by atoms with E-state index in [1.165, 1.54) is 4.90 Å². The fourth-order valence-corrected chi connectivity index (χ4v) is 6.81. The van der Waals surface area contributed by atoms with Crippen molar-refractivity contribution in [2.45, 2.75) is 54.4 Å². The average Bonchev–Trinajstić information content (AvgIpc) is 3.22. The molecule has 3 aromatic rings. The van der Waals surface area contributed by atoms with Crippen LogP contribution in [-0.4, -0.2) is 21.8 Å². The number of nitrogens with zero attached hydrogens (tertiary/aromatic N) is 4. The first-order valence-corrected chi connectivity index (χ1v) is 14.5. The van der Waals surface area contributed by atoms with Crippen LogP contribution in [-0.2, 0) is 9.59 Å². The minimum Gasteiger partial charge on any atom is -0.394 e. The Hall–Kier alpha value is -3.75. The van der Waals surface area contributed by atoms with Crippen molar-refractivity contribution in [3.05, 3.63) is 100 Å². The van der Waals surface area contributed by atoms with Crippen LogP contribution in [0.2, 0.25) is 0 Å². The van der Waals surface area contributed by atoms with Crippen molar-refractivity contribution in [2.75, 3.05) is 9.80 Å². The van der Waals surface area contributed by atoms with E-state index in [0.29, 0.717) is 22.9 Å². The van der Waals surface area contributed by atoms with Crippen molar-refractivity contribution >= 4 is 60.9 Å². The lowest BCUT2D eigenvalue weighted by atomic mass is 10.1. The summed E-state index contributed by atoms with van der Waals surface area (Å²) in [7, 11) is 0. The largest absolute Gasteiger partial charge is 0.394 e. The molecule has 0 saturated carbocycles. The van der Waals surface area contributed by atoms with Gasteiger partial charge in [0.05, 0.1) is 35.3 Å². The molecule has 9 nitrogen and oxygen atoms in total. The summed E-state index contributed by atoms with van der Waals surface area (Å²) < 4.78 is 1.92. The van der Waals surface area contributed by atoms with Crippen LogP contribution in [0.15, 0.2) is 49.5 Å². The highest BCUT2D eigenvalue weighted by molar-refractivity contribution is 9.10. The van der Waals surface area contributed by atoms with Gasteiger partial charge in [-0.2, -0.15) is 0 Å². The minimum atomic E-state index is -0.491. The minimum absolute atomic E-state index is 0.118. The van der Waals surface area contributed by atoms with Crippen LogP contribution in [0, 0.1) is 47.1 Å². The highest BCUT2D eigenvalue weighted by Gasteiger charge is 2.40. The molecule has 2 aromatic carbocycles. The predicted octanol–water partition coefficient (Wildman–Crippen LogP) is 6.34.